The minimum atomic E-state index is -0.103. The highest BCUT2D eigenvalue weighted by atomic mass is 16.5. The summed E-state index contributed by atoms with van der Waals surface area (Å²) in [4.78, 5) is 15.9. The number of esters is 1. The predicted molar refractivity (Wildman–Crippen MR) is 59.8 cm³/mol. The van der Waals surface area contributed by atoms with Crippen molar-refractivity contribution >= 4 is 5.97 Å². The Hall–Kier alpha value is -0.610. The van der Waals surface area contributed by atoms with Gasteiger partial charge in [0.25, 0.3) is 0 Å². The van der Waals surface area contributed by atoms with E-state index >= 15 is 0 Å². The van der Waals surface area contributed by atoms with Crippen molar-refractivity contribution in [2.45, 2.75) is 26.3 Å². The van der Waals surface area contributed by atoms with Crippen LogP contribution in [0.5, 0.6) is 0 Å². The largest absolute Gasteiger partial charge is 0.465 e. The molecule has 0 aromatic heterocycles. The number of ether oxygens (including phenoxy) is 1. The van der Waals surface area contributed by atoms with Crippen LogP contribution in [0, 0.1) is 0 Å². The van der Waals surface area contributed by atoms with Gasteiger partial charge in [-0.1, -0.05) is 0 Å². The van der Waals surface area contributed by atoms with Crippen molar-refractivity contribution in [1.29, 1.82) is 0 Å². The lowest BCUT2D eigenvalue weighted by Gasteiger charge is -2.26. The van der Waals surface area contributed by atoms with Crippen molar-refractivity contribution in [2.24, 2.45) is 0 Å². The average Bonchev–Trinajstić information content (AvgIpc) is 2.29. The summed E-state index contributed by atoms with van der Waals surface area (Å²) in [6.45, 7) is 8.05. The molecule has 1 aliphatic rings. The maximum Gasteiger partial charge on any atom is 0.320 e. The molecule has 0 spiro atoms. The molecule has 1 heterocycles. The van der Waals surface area contributed by atoms with E-state index in [0.717, 1.165) is 26.1 Å². The smallest absolute Gasteiger partial charge is 0.320 e. The number of nitrogens with zero attached hydrogens (tertiary/aromatic N) is 2. The Balaban J connectivity index is 2.42. The van der Waals surface area contributed by atoms with Crippen LogP contribution in [0.25, 0.3) is 0 Å². The number of carbonyl (C=O) groups excluding carboxylic acids is 1. The van der Waals surface area contributed by atoms with Crippen LogP contribution in [0.2, 0.25) is 0 Å². The van der Waals surface area contributed by atoms with E-state index in [-0.39, 0.29) is 5.97 Å². The molecule has 0 N–H and O–H groups in total. The van der Waals surface area contributed by atoms with Gasteiger partial charge in [-0.05, 0) is 33.9 Å². The molecule has 88 valence electrons. The summed E-state index contributed by atoms with van der Waals surface area (Å²) in [5.74, 6) is -0.103. The first kappa shape index (κ1) is 12.5. The van der Waals surface area contributed by atoms with Crippen molar-refractivity contribution in [3.8, 4) is 0 Å². The summed E-state index contributed by atoms with van der Waals surface area (Å²) in [7, 11) is 2.13. The minimum Gasteiger partial charge on any atom is -0.465 e. The Morgan fingerprint density at radius 3 is 2.87 bits per heavy atom. The van der Waals surface area contributed by atoms with E-state index in [2.05, 4.69) is 23.8 Å². The Morgan fingerprint density at radius 2 is 2.20 bits per heavy atom. The third-order valence-electron chi connectivity index (χ3n) is 2.82. The van der Waals surface area contributed by atoms with Gasteiger partial charge in [-0.2, -0.15) is 0 Å². The molecule has 4 heteroatoms. The standard InChI is InChI=1S/C11H22N2O2/c1-4-15-11(14)9-13-7-5-6-12(3)8-10(13)2/h10H,4-9H2,1-3H3. The molecule has 1 rings (SSSR count). The maximum absolute atomic E-state index is 11.4. The first-order valence-electron chi connectivity index (χ1n) is 5.71. The zero-order valence-electron chi connectivity index (χ0n) is 10.0. The van der Waals surface area contributed by atoms with E-state index in [0.29, 0.717) is 19.2 Å². The molecule has 0 radical (unpaired) electrons. The van der Waals surface area contributed by atoms with Crippen molar-refractivity contribution in [2.75, 3.05) is 39.8 Å². The van der Waals surface area contributed by atoms with Gasteiger partial charge < -0.3 is 9.64 Å². The third kappa shape index (κ3) is 4.18. The zero-order chi connectivity index (χ0) is 11.3. The fourth-order valence-corrected chi connectivity index (χ4v) is 2.03. The summed E-state index contributed by atoms with van der Waals surface area (Å²) >= 11 is 0. The third-order valence-corrected chi connectivity index (χ3v) is 2.82. The first-order chi connectivity index (χ1) is 7.13. The van der Waals surface area contributed by atoms with Crippen LogP contribution in [0.15, 0.2) is 0 Å². The van der Waals surface area contributed by atoms with E-state index in [1.54, 1.807) is 0 Å². The average molecular weight is 214 g/mol. The highest BCUT2D eigenvalue weighted by molar-refractivity contribution is 5.71. The van der Waals surface area contributed by atoms with Crippen molar-refractivity contribution in [3.63, 3.8) is 0 Å². The Morgan fingerprint density at radius 1 is 1.47 bits per heavy atom. The van der Waals surface area contributed by atoms with Gasteiger partial charge in [0.1, 0.15) is 0 Å². The second-order valence-corrected chi connectivity index (χ2v) is 4.24. The van der Waals surface area contributed by atoms with E-state index in [9.17, 15) is 4.79 Å². The van der Waals surface area contributed by atoms with Gasteiger partial charge in [0.05, 0.1) is 13.2 Å². The molecule has 0 aromatic carbocycles. The predicted octanol–water partition coefficient (Wildman–Crippen LogP) is 0.576. The van der Waals surface area contributed by atoms with Gasteiger partial charge in [0, 0.05) is 19.1 Å². The molecule has 0 bridgehead atoms. The molecule has 0 amide bonds. The molecule has 1 aliphatic heterocycles. The highest BCUT2D eigenvalue weighted by Gasteiger charge is 2.21. The maximum atomic E-state index is 11.4. The van der Waals surface area contributed by atoms with Gasteiger partial charge in [-0.15, -0.1) is 0 Å². The number of carbonyl (C=O) groups is 1. The lowest BCUT2D eigenvalue weighted by Crippen LogP contribution is -2.41. The summed E-state index contributed by atoms with van der Waals surface area (Å²) in [6, 6.07) is 0.432. The second kappa shape index (κ2) is 6.08. The quantitative estimate of drug-likeness (QED) is 0.643. The van der Waals surface area contributed by atoms with Crippen LogP contribution >= 0.6 is 0 Å². The van der Waals surface area contributed by atoms with Crippen LogP contribution in [-0.2, 0) is 9.53 Å². The van der Waals surface area contributed by atoms with Gasteiger partial charge in [-0.25, -0.2) is 0 Å². The molecule has 0 aliphatic carbocycles. The Bertz CT molecular complexity index is 209. The SMILES string of the molecule is CCOC(=O)CN1CCCN(C)CC1C. The van der Waals surface area contributed by atoms with Gasteiger partial charge in [0.2, 0.25) is 0 Å². The van der Waals surface area contributed by atoms with E-state index < -0.39 is 0 Å². The Kier molecular flexibility index (Phi) is 5.05. The summed E-state index contributed by atoms with van der Waals surface area (Å²) in [5, 5.41) is 0. The molecule has 1 saturated heterocycles. The lowest BCUT2D eigenvalue weighted by atomic mass is 10.3. The topological polar surface area (TPSA) is 32.8 Å². The van der Waals surface area contributed by atoms with Crippen LogP contribution in [0.4, 0.5) is 0 Å². The molecule has 4 nitrogen and oxygen atoms in total. The highest BCUT2D eigenvalue weighted by Crippen LogP contribution is 2.08. The van der Waals surface area contributed by atoms with Gasteiger partial charge in [0.15, 0.2) is 0 Å². The van der Waals surface area contributed by atoms with Crippen molar-refractivity contribution in [3.05, 3.63) is 0 Å². The number of likely N-dealkylation sites (N-methyl/N-ethyl adjacent to an activating group) is 1. The fourth-order valence-electron chi connectivity index (χ4n) is 2.03. The summed E-state index contributed by atoms with van der Waals surface area (Å²) in [5.41, 5.74) is 0. The van der Waals surface area contributed by atoms with E-state index in [4.69, 9.17) is 4.74 Å². The second-order valence-electron chi connectivity index (χ2n) is 4.24. The minimum absolute atomic E-state index is 0.103. The van der Waals surface area contributed by atoms with Crippen molar-refractivity contribution < 1.29 is 9.53 Å². The van der Waals surface area contributed by atoms with Gasteiger partial charge in [-0.3, -0.25) is 9.69 Å². The molecule has 0 saturated carbocycles. The van der Waals surface area contributed by atoms with Crippen LogP contribution in [-0.4, -0.2) is 61.6 Å². The molecular formula is C11H22N2O2. The first-order valence-corrected chi connectivity index (χ1v) is 5.71. The molecule has 1 unspecified atom stereocenters. The molecule has 0 aromatic rings. The van der Waals surface area contributed by atoms with E-state index in [1.807, 2.05) is 6.92 Å². The monoisotopic (exact) mass is 214 g/mol. The Labute approximate surface area is 92.2 Å². The van der Waals surface area contributed by atoms with Crippen molar-refractivity contribution in [1.82, 2.24) is 9.80 Å². The normalized spacial score (nSPS) is 24.9. The summed E-state index contributed by atoms with van der Waals surface area (Å²) < 4.78 is 4.97. The van der Waals surface area contributed by atoms with Crippen LogP contribution in [0.1, 0.15) is 20.3 Å². The fraction of sp³-hybridized carbons (Fsp3) is 0.909. The summed E-state index contributed by atoms with van der Waals surface area (Å²) in [6.07, 6.45) is 1.13. The van der Waals surface area contributed by atoms with E-state index in [1.165, 1.54) is 0 Å². The number of rotatable bonds is 3. The molecule has 1 fully saturated rings. The zero-order valence-corrected chi connectivity index (χ0v) is 10.0. The molecular weight excluding hydrogens is 192 g/mol. The van der Waals surface area contributed by atoms with Crippen LogP contribution in [0.3, 0.4) is 0 Å². The molecule has 1 atom stereocenters. The lowest BCUT2D eigenvalue weighted by molar-refractivity contribution is -0.144. The van der Waals surface area contributed by atoms with Crippen LogP contribution < -0.4 is 0 Å². The van der Waals surface area contributed by atoms with Gasteiger partial charge >= 0.3 is 5.97 Å². The number of hydrogen-bond donors (Lipinski definition) is 0. The molecule has 15 heavy (non-hydrogen) atoms. The number of hydrogen-bond acceptors (Lipinski definition) is 4.